The van der Waals surface area contributed by atoms with Gasteiger partial charge in [0, 0.05) is 18.0 Å². The minimum Gasteiger partial charge on any atom is -0.337 e. The summed E-state index contributed by atoms with van der Waals surface area (Å²) in [5.41, 5.74) is 2.83. The van der Waals surface area contributed by atoms with Crippen molar-refractivity contribution < 1.29 is 9.32 Å². The van der Waals surface area contributed by atoms with E-state index in [4.69, 9.17) is 4.52 Å². The average Bonchev–Trinajstić information content (AvgIpc) is 3.45. The molecule has 0 saturated heterocycles. The van der Waals surface area contributed by atoms with Crippen LogP contribution in [0.1, 0.15) is 67.6 Å². The van der Waals surface area contributed by atoms with E-state index in [0.717, 1.165) is 16.8 Å². The second-order valence-electron chi connectivity index (χ2n) is 8.50. The van der Waals surface area contributed by atoms with Gasteiger partial charge < -0.3 is 9.84 Å². The molecule has 0 spiro atoms. The SMILES string of the molecule is Cc1nc(C(=O)NC(c2nc(-c3ccncc3)no2)C(C)C)nn1-c1ccccc1C(C)C. The molecular weight excluding hydrogens is 418 g/mol. The van der Waals surface area contributed by atoms with E-state index >= 15 is 0 Å². The van der Waals surface area contributed by atoms with Crippen LogP contribution in [0.5, 0.6) is 0 Å². The number of rotatable bonds is 7. The number of aromatic nitrogens is 6. The van der Waals surface area contributed by atoms with Crippen LogP contribution in [0.2, 0.25) is 0 Å². The van der Waals surface area contributed by atoms with Gasteiger partial charge in [-0.25, -0.2) is 9.67 Å². The Bertz CT molecular complexity index is 1240. The summed E-state index contributed by atoms with van der Waals surface area (Å²) >= 11 is 0. The molecule has 0 aliphatic rings. The lowest BCUT2D eigenvalue weighted by Gasteiger charge is -2.17. The fourth-order valence-corrected chi connectivity index (χ4v) is 3.58. The average molecular weight is 446 g/mol. The lowest BCUT2D eigenvalue weighted by Crippen LogP contribution is -2.32. The normalized spacial score (nSPS) is 12.3. The summed E-state index contributed by atoms with van der Waals surface area (Å²) < 4.78 is 7.19. The summed E-state index contributed by atoms with van der Waals surface area (Å²) in [4.78, 5) is 26.0. The number of pyridine rings is 1. The molecule has 1 aromatic carbocycles. The van der Waals surface area contributed by atoms with E-state index in [1.54, 1.807) is 29.2 Å². The van der Waals surface area contributed by atoms with Crippen LogP contribution in [0.25, 0.3) is 17.1 Å². The Balaban J connectivity index is 1.59. The third-order valence-electron chi connectivity index (χ3n) is 5.36. The zero-order valence-electron chi connectivity index (χ0n) is 19.4. The second kappa shape index (κ2) is 9.32. The highest BCUT2D eigenvalue weighted by Gasteiger charge is 2.27. The first-order valence-corrected chi connectivity index (χ1v) is 10.9. The maximum absolute atomic E-state index is 13.1. The molecular formula is C24H27N7O2. The van der Waals surface area contributed by atoms with E-state index in [1.165, 1.54) is 0 Å². The van der Waals surface area contributed by atoms with Gasteiger partial charge in [0.05, 0.1) is 5.69 Å². The molecule has 0 aliphatic heterocycles. The molecule has 9 nitrogen and oxygen atoms in total. The van der Waals surface area contributed by atoms with Crippen LogP contribution in [0, 0.1) is 12.8 Å². The van der Waals surface area contributed by atoms with Gasteiger partial charge in [-0.15, -0.1) is 5.10 Å². The van der Waals surface area contributed by atoms with Gasteiger partial charge in [0.25, 0.3) is 5.91 Å². The molecule has 9 heteroatoms. The van der Waals surface area contributed by atoms with Crippen LogP contribution in [-0.2, 0) is 0 Å². The van der Waals surface area contributed by atoms with Crippen LogP contribution in [0.3, 0.4) is 0 Å². The molecule has 1 N–H and O–H groups in total. The first kappa shape index (κ1) is 22.3. The number of amides is 1. The van der Waals surface area contributed by atoms with Gasteiger partial charge in [0.1, 0.15) is 11.9 Å². The molecule has 4 aromatic rings. The summed E-state index contributed by atoms with van der Waals surface area (Å²) in [6, 6.07) is 11.1. The fraction of sp³-hybridized carbons (Fsp3) is 0.333. The lowest BCUT2D eigenvalue weighted by molar-refractivity contribution is 0.0903. The number of benzene rings is 1. The number of carbonyl (C=O) groups is 1. The smallest absolute Gasteiger partial charge is 0.291 e. The van der Waals surface area contributed by atoms with Gasteiger partial charge in [-0.2, -0.15) is 4.98 Å². The number of para-hydroxylation sites is 1. The maximum atomic E-state index is 13.1. The second-order valence-corrected chi connectivity index (χ2v) is 8.50. The van der Waals surface area contributed by atoms with Crippen LogP contribution in [0.4, 0.5) is 0 Å². The topological polar surface area (TPSA) is 112 Å². The molecule has 170 valence electrons. The van der Waals surface area contributed by atoms with Crippen LogP contribution < -0.4 is 5.32 Å². The van der Waals surface area contributed by atoms with Crippen LogP contribution >= 0.6 is 0 Å². The molecule has 1 amide bonds. The number of nitrogens with one attached hydrogen (secondary N) is 1. The first-order chi connectivity index (χ1) is 15.8. The van der Waals surface area contributed by atoms with Crippen molar-refractivity contribution in [3.05, 3.63) is 71.9 Å². The van der Waals surface area contributed by atoms with Crippen molar-refractivity contribution >= 4 is 5.91 Å². The highest BCUT2D eigenvalue weighted by Crippen LogP contribution is 2.25. The summed E-state index contributed by atoms with van der Waals surface area (Å²) in [5.74, 6) is 1.39. The van der Waals surface area contributed by atoms with Gasteiger partial charge >= 0.3 is 0 Å². The van der Waals surface area contributed by atoms with E-state index in [-0.39, 0.29) is 11.7 Å². The zero-order valence-corrected chi connectivity index (χ0v) is 19.4. The number of hydrogen-bond acceptors (Lipinski definition) is 7. The van der Waals surface area contributed by atoms with Crippen molar-refractivity contribution in [3.8, 4) is 17.1 Å². The quantitative estimate of drug-likeness (QED) is 0.452. The highest BCUT2D eigenvalue weighted by molar-refractivity contribution is 5.90. The lowest BCUT2D eigenvalue weighted by atomic mass is 10.0. The van der Waals surface area contributed by atoms with Crippen molar-refractivity contribution in [1.82, 2.24) is 35.2 Å². The van der Waals surface area contributed by atoms with Gasteiger partial charge in [-0.1, -0.05) is 51.1 Å². The Hall–Kier alpha value is -3.88. The van der Waals surface area contributed by atoms with Crippen molar-refractivity contribution in [2.75, 3.05) is 0 Å². The highest BCUT2D eigenvalue weighted by atomic mass is 16.5. The summed E-state index contributed by atoms with van der Waals surface area (Å²) in [6.07, 6.45) is 3.32. The minimum atomic E-state index is -0.490. The predicted molar refractivity (Wildman–Crippen MR) is 123 cm³/mol. The molecule has 4 rings (SSSR count). The molecule has 0 bridgehead atoms. The van der Waals surface area contributed by atoms with Crippen molar-refractivity contribution in [2.24, 2.45) is 5.92 Å². The van der Waals surface area contributed by atoms with E-state index < -0.39 is 11.9 Å². The van der Waals surface area contributed by atoms with Gasteiger partial charge in [-0.3, -0.25) is 9.78 Å². The summed E-state index contributed by atoms with van der Waals surface area (Å²) in [5, 5.41) is 11.5. The third kappa shape index (κ3) is 4.67. The summed E-state index contributed by atoms with van der Waals surface area (Å²) in [7, 11) is 0. The Morgan fingerprint density at radius 2 is 1.76 bits per heavy atom. The molecule has 0 radical (unpaired) electrons. The third-order valence-corrected chi connectivity index (χ3v) is 5.36. The standard InChI is InChI=1S/C24H27N7O2/c1-14(2)18-8-6-7-9-19(18)31-16(5)26-22(29-31)23(32)27-20(15(3)4)24-28-21(30-33-24)17-10-12-25-13-11-17/h6-15,20H,1-5H3,(H,27,32). The van der Waals surface area contributed by atoms with Gasteiger partial charge in [0.15, 0.2) is 0 Å². The van der Waals surface area contributed by atoms with E-state index in [1.807, 2.05) is 39.0 Å². The van der Waals surface area contributed by atoms with E-state index in [0.29, 0.717) is 23.5 Å². The predicted octanol–water partition coefficient (Wildman–Crippen LogP) is 4.27. The Morgan fingerprint density at radius 1 is 1.03 bits per heavy atom. The largest absolute Gasteiger partial charge is 0.337 e. The molecule has 0 saturated carbocycles. The fourth-order valence-electron chi connectivity index (χ4n) is 3.58. The Labute approximate surface area is 192 Å². The number of hydrogen-bond donors (Lipinski definition) is 1. The molecule has 0 fully saturated rings. The minimum absolute atomic E-state index is 0.00420. The molecule has 33 heavy (non-hydrogen) atoms. The van der Waals surface area contributed by atoms with E-state index in [2.05, 4.69) is 50.4 Å². The first-order valence-electron chi connectivity index (χ1n) is 10.9. The molecule has 3 aromatic heterocycles. The van der Waals surface area contributed by atoms with Crippen molar-refractivity contribution in [3.63, 3.8) is 0 Å². The number of carbonyl (C=O) groups excluding carboxylic acids is 1. The molecule has 3 heterocycles. The molecule has 1 unspecified atom stereocenters. The Kier molecular flexibility index (Phi) is 6.30. The summed E-state index contributed by atoms with van der Waals surface area (Å²) in [6.45, 7) is 10.0. The monoisotopic (exact) mass is 445 g/mol. The van der Waals surface area contributed by atoms with E-state index in [9.17, 15) is 4.79 Å². The van der Waals surface area contributed by atoms with Crippen molar-refractivity contribution in [1.29, 1.82) is 0 Å². The zero-order chi connectivity index (χ0) is 23.5. The van der Waals surface area contributed by atoms with Crippen LogP contribution in [-0.4, -0.2) is 35.8 Å². The number of nitrogens with zero attached hydrogens (tertiary/aromatic N) is 6. The van der Waals surface area contributed by atoms with Crippen molar-refractivity contribution in [2.45, 2.75) is 46.6 Å². The van der Waals surface area contributed by atoms with Crippen LogP contribution in [0.15, 0.2) is 53.3 Å². The maximum Gasteiger partial charge on any atom is 0.291 e. The molecule has 1 atom stereocenters. The Morgan fingerprint density at radius 3 is 2.45 bits per heavy atom. The van der Waals surface area contributed by atoms with Gasteiger partial charge in [0.2, 0.25) is 17.5 Å². The van der Waals surface area contributed by atoms with Gasteiger partial charge in [-0.05, 0) is 42.5 Å². The molecule has 0 aliphatic carbocycles. The number of aryl methyl sites for hydroxylation is 1.